The number of rotatable bonds is 6. The number of aliphatic hydroxyl groups excluding tert-OH is 1. The highest BCUT2D eigenvalue weighted by atomic mass is 35.5. The topological polar surface area (TPSA) is 116 Å². The molecule has 172 valence electrons. The van der Waals surface area contributed by atoms with Crippen molar-refractivity contribution in [3.05, 3.63) is 16.7 Å². The maximum Gasteiger partial charge on any atom is 0.255 e. The molecule has 2 atom stereocenters. The zero-order valence-electron chi connectivity index (χ0n) is 17.5. The number of nitrogens with one attached hydrogen (secondary N) is 1. The van der Waals surface area contributed by atoms with Gasteiger partial charge in [-0.2, -0.15) is 0 Å². The highest BCUT2D eigenvalue weighted by Crippen LogP contribution is 2.43. The molecule has 10 heteroatoms. The average Bonchev–Trinajstić information content (AvgIpc) is 3.16. The van der Waals surface area contributed by atoms with Crippen LogP contribution in [0.4, 0.5) is 5.69 Å². The van der Waals surface area contributed by atoms with Crippen LogP contribution in [0.5, 0.6) is 11.5 Å². The van der Waals surface area contributed by atoms with Crippen molar-refractivity contribution in [2.24, 2.45) is 5.92 Å². The Hall–Kier alpha value is -1.78. The number of amides is 1. The van der Waals surface area contributed by atoms with Crippen LogP contribution in [-0.4, -0.2) is 80.9 Å². The van der Waals surface area contributed by atoms with Gasteiger partial charge in [-0.1, -0.05) is 11.6 Å². The summed E-state index contributed by atoms with van der Waals surface area (Å²) in [6, 6.07) is 1.51. The van der Waals surface area contributed by atoms with Crippen LogP contribution in [0, 0.1) is 5.92 Å². The van der Waals surface area contributed by atoms with E-state index in [2.05, 4.69) is 10.2 Å². The van der Waals surface area contributed by atoms with Gasteiger partial charge < -0.3 is 40.0 Å². The van der Waals surface area contributed by atoms with E-state index < -0.39 is 6.10 Å². The van der Waals surface area contributed by atoms with E-state index in [4.69, 9.17) is 36.3 Å². The van der Waals surface area contributed by atoms with Crippen LogP contribution in [0.3, 0.4) is 0 Å². The number of benzene rings is 1. The van der Waals surface area contributed by atoms with Crippen molar-refractivity contribution >= 4 is 23.2 Å². The molecule has 0 spiro atoms. The number of piperidine rings is 1. The summed E-state index contributed by atoms with van der Waals surface area (Å²) >= 11 is 6.24. The first-order valence-electron chi connectivity index (χ1n) is 10.8. The van der Waals surface area contributed by atoms with Crippen molar-refractivity contribution in [2.45, 2.75) is 31.7 Å². The molecule has 0 aliphatic carbocycles. The summed E-state index contributed by atoms with van der Waals surface area (Å²) in [6.45, 7) is 4.76. The van der Waals surface area contributed by atoms with Gasteiger partial charge in [0.25, 0.3) is 5.91 Å². The molecule has 1 aromatic carbocycles. The van der Waals surface area contributed by atoms with Crippen molar-refractivity contribution in [3.8, 4) is 11.5 Å². The highest BCUT2D eigenvalue weighted by Gasteiger charge is 2.30. The van der Waals surface area contributed by atoms with Gasteiger partial charge in [-0.3, -0.25) is 4.79 Å². The molecule has 1 aromatic rings. The normalized spacial score (nSPS) is 24.7. The van der Waals surface area contributed by atoms with Crippen molar-refractivity contribution < 1.29 is 28.8 Å². The van der Waals surface area contributed by atoms with Gasteiger partial charge in [-0.15, -0.1) is 0 Å². The van der Waals surface area contributed by atoms with Crippen molar-refractivity contribution in [2.75, 3.05) is 58.3 Å². The van der Waals surface area contributed by atoms with Gasteiger partial charge in [-0.05, 0) is 19.0 Å². The Morgan fingerprint density at radius 1 is 1.23 bits per heavy atom. The number of carbonyl (C=O) groups is 1. The average molecular weight is 456 g/mol. The van der Waals surface area contributed by atoms with Crippen LogP contribution in [0.2, 0.25) is 5.02 Å². The molecule has 31 heavy (non-hydrogen) atoms. The minimum absolute atomic E-state index is 0.0281. The molecular formula is C21H30ClN3O6. The number of fused-ring (bicyclic) bond motifs is 1. The number of β-amino-alcohol motifs (C(OH)–C–C–N with tert-alkyl or cyclic N) is 1. The van der Waals surface area contributed by atoms with Crippen molar-refractivity contribution in [1.29, 1.82) is 0 Å². The lowest BCUT2D eigenvalue weighted by molar-refractivity contribution is -0.0576. The Morgan fingerprint density at radius 3 is 2.71 bits per heavy atom. The first-order valence-corrected chi connectivity index (χ1v) is 11.2. The molecule has 1 amide bonds. The van der Waals surface area contributed by atoms with Gasteiger partial charge >= 0.3 is 0 Å². The third-order valence-corrected chi connectivity index (χ3v) is 6.32. The standard InChI is InChI=1S/C21H30ClN3O6/c22-18-15(23)10-14(19-20(18)31-7-1-6-30-19)21(27)24-11-13-2-4-25(12-16(13)26)5-3-17-28-8-9-29-17/h10,13,16-17,26H,1-9,11-12,23H2,(H,24,27)/t13-,16?/m0/s1. The fraction of sp³-hybridized carbons (Fsp3) is 0.667. The molecule has 9 nitrogen and oxygen atoms in total. The Balaban J connectivity index is 1.31. The predicted molar refractivity (Wildman–Crippen MR) is 115 cm³/mol. The first kappa shape index (κ1) is 22.4. The summed E-state index contributed by atoms with van der Waals surface area (Å²) < 4.78 is 22.3. The Kier molecular flexibility index (Phi) is 7.39. The summed E-state index contributed by atoms with van der Waals surface area (Å²) in [5.41, 5.74) is 6.53. The second-order valence-electron chi connectivity index (χ2n) is 8.12. The van der Waals surface area contributed by atoms with Crippen LogP contribution < -0.4 is 20.5 Å². The zero-order valence-corrected chi connectivity index (χ0v) is 18.2. The molecule has 2 saturated heterocycles. The number of hydrogen-bond acceptors (Lipinski definition) is 8. The van der Waals surface area contributed by atoms with E-state index in [1.54, 1.807) is 0 Å². The maximum atomic E-state index is 12.9. The molecule has 4 rings (SSSR count). The number of aliphatic hydroxyl groups is 1. The molecule has 2 fully saturated rings. The molecule has 4 N–H and O–H groups in total. The number of nitrogen functional groups attached to an aromatic ring is 1. The fourth-order valence-corrected chi connectivity index (χ4v) is 4.35. The summed E-state index contributed by atoms with van der Waals surface area (Å²) in [6.07, 6.45) is 1.61. The maximum absolute atomic E-state index is 12.9. The summed E-state index contributed by atoms with van der Waals surface area (Å²) in [4.78, 5) is 15.1. The molecule has 0 bridgehead atoms. The van der Waals surface area contributed by atoms with Crippen LogP contribution in [0.15, 0.2) is 6.07 Å². The second-order valence-corrected chi connectivity index (χ2v) is 8.50. The number of anilines is 1. The fourth-order valence-electron chi connectivity index (χ4n) is 4.15. The lowest BCUT2D eigenvalue weighted by atomic mass is 9.93. The molecule has 0 saturated carbocycles. The number of halogens is 1. The Bertz CT molecular complexity index is 789. The highest BCUT2D eigenvalue weighted by molar-refractivity contribution is 6.35. The Labute approximate surface area is 186 Å². The molecule has 1 unspecified atom stereocenters. The number of nitrogens with zero attached hydrogens (tertiary/aromatic N) is 1. The van der Waals surface area contributed by atoms with Gasteiger partial charge in [-0.25, -0.2) is 0 Å². The number of likely N-dealkylation sites (tertiary alicyclic amines) is 1. The zero-order chi connectivity index (χ0) is 21.8. The smallest absolute Gasteiger partial charge is 0.255 e. The van der Waals surface area contributed by atoms with E-state index in [1.807, 2.05) is 0 Å². The SMILES string of the molecule is Nc1cc(C(=O)NC[C@@H]2CCN(CCC3OCCO3)CC2O)c2c(c1Cl)OCCCO2. The quantitative estimate of drug-likeness (QED) is 0.549. The molecule has 3 heterocycles. The largest absolute Gasteiger partial charge is 0.489 e. The minimum atomic E-state index is -0.522. The van der Waals surface area contributed by atoms with Gasteiger partial charge in [0.1, 0.15) is 5.02 Å². The van der Waals surface area contributed by atoms with Gasteiger partial charge in [0.2, 0.25) is 0 Å². The van der Waals surface area contributed by atoms with E-state index in [1.165, 1.54) is 6.07 Å². The van der Waals surface area contributed by atoms with Crippen LogP contribution >= 0.6 is 11.6 Å². The minimum Gasteiger partial charge on any atom is -0.489 e. The lowest BCUT2D eigenvalue weighted by Gasteiger charge is -2.36. The Morgan fingerprint density at radius 2 is 1.97 bits per heavy atom. The van der Waals surface area contributed by atoms with Gasteiger partial charge in [0, 0.05) is 38.4 Å². The third kappa shape index (κ3) is 5.35. The molecular weight excluding hydrogens is 426 g/mol. The number of nitrogens with two attached hydrogens (primary N) is 1. The van der Waals surface area contributed by atoms with E-state index in [-0.39, 0.29) is 28.8 Å². The van der Waals surface area contributed by atoms with Crippen LogP contribution in [-0.2, 0) is 9.47 Å². The lowest BCUT2D eigenvalue weighted by Crippen LogP contribution is -2.48. The number of carbonyl (C=O) groups excluding carboxylic acids is 1. The monoisotopic (exact) mass is 455 g/mol. The van der Waals surface area contributed by atoms with Gasteiger partial charge in [0.05, 0.1) is 43.8 Å². The van der Waals surface area contributed by atoms with Crippen LogP contribution in [0.25, 0.3) is 0 Å². The molecule has 0 radical (unpaired) electrons. The second kappa shape index (κ2) is 10.2. The number of ether oxygens (including phenoxy) is 4. The number of hydrogen-bond donors (Lipinski definition) is 3. The van der Waals surface area contributed by atoms with E-state index in [9.17, 15) is 9.90 Å². The van der Waals surface area contributed by atoms with Crippen molar-refractivity contribution in [3.63, 3.8) is 0 Å². The molecule has 3 aliphatic rings. The molecule has 0 aromatic heterocycles. The summed E-state index contributed by atoms with van der Waals surface area (Å²) in [7, 11) is 0. The van der Waals surface area contributed by atoms with E-state index in [0.717, 1.165) is 25.9 Å². The third-order valence-electron chi connectivity index (χ3n) is 5.93. The van der Waals surface area contributed by atoms with Crippen LogP contribution in [0.1, 0.15) is 29.6 Å². The first-order chi connectivity index (χ1) is 15.0. The van der Waals surface area contributed by atoms with Gasteiger partial charge in [0.15, 0.2) is 17.8 Å². The predicted octanol–water partition coefficient (Wildman–Crippen LogP) is 1.26. The van der Waals surface area contributed by atoms with E-state index in [0.29, 0.717) is 63.0 Å². The summed E-state index contributed by atoms with van der Waals surface area (Å²) in [5, 5.41) is 13.8. The molecule has 3 aliphatic heterocycles. The van der Waals surface area contributed by atoms with Crippen molar-refractivity contribution in [1.82, 2.24) is 10.2 Å². The summed E-state index contributed by atoms with van der Waals surface area (Å²) in [5.74, 6) is 0.281. The van der Waals surface area contributed by atoms with E-state index >= 15 is 0 Å².